The predicted octanol–water partition coefficient (Wildman–Crippen LogP) is 8.73. The molecule has 0 spiro atoms. The highest BCUT2D eigenvalue weighted by Gasteiger charge is 2.18. The van der Waals surface area contributed by atoms with Crippen LogP contribution in [0.1, 0.15) is 41.2 Å². The molecule has 0 fully saturated rings. The number of nitrogen functional groups attached to an aromatic ring is 1. The van der Waals surface area contributed by atoms with Gasteiger partial charge in [-0.15, -0.1) is 0 Å². The molecule has 5 aromatic carbocycles. The van der Waals surface area contributed by atoms with Crippen LogP contribution in [0, 0.1) is 11.3 Å². The molecule has 0 saturated carbocycles. The SMILES string of the molecule is CCN(c1ccc(C=Cc2ccc3c(N)c4c(c(C#N)c3c2)C=CCC4)cc1)c1cccc2ccccc12. The zero-order valence-corrected chi connectivity index (χ0v) is 21.5. The third kappa shape index (κ3) is 4.11. The first-order chi connectivity index (χ1) is 18.7. The lowest BCUT2D eigenvalue weighted by Gasteiger charge is -2.25. The van der Waals surface area contributed by atoms with Gasteiger partial charge in [0.1, 0.15) is 6.07 Å². The zero-order valence-electron chi connectivity index (χ0n) is 21.5. The van der Waals surface area contributed by atoms with E-state index in [1.807, 2.05) is 0 Å². The van der Waals surface area contributed by atoms with Gasteiger partial charge in [-0.25, -0.2) is 0 Å². The van der Waals surface area contributed by atoms with Gasteiger partial charge in [-0.3, -0.25) is 0 Å². The molecule has 0 unspecified atom stereocenters. The highest BCUT2D eigenvalue weighted by Crippen LogP contribution is 2.37. The average molecular weight is 492 g/mol. The molecule has 0 atom stereocenters. The molecule has 0 radical (unpaired) electrons. The van der Waals surface area contributed by atoms with Gasteiger partial charge in [0.15, 0.2) is 0 Å². The van der Waals surface area contributed by atoms with Gasteiger partial charge in [-0.1, -0.05) is 85.0 Å². The Bertz CT molecular complexity index is 1760. The maximum atomic E-state index is 9.97. The van der Waals surface area contributed by atoms with Gasteiger partial charge < -0.3 is 10.6 Å². The molecule has 2 N–H and O–H groups in total. The molecule has 38 heavy (non-hydrogen) atoms. The number of allylic oxidation sites excluding steroid dienone is 1. The molecule has 0 aromatic heterocycles. The molecule has 5 aromatic rings. The smallest absolute Gasteiger partial charge is 0.100 e. The van der Waals surface area contributed by atoms with E-state index in [4.69, 9.17) is 5.73 Å². The minimum Gasteiger partial charge on any atom is -0.398 e. The summed E-state index contributed by atoms with van der Waals surface area (Å²) in [5.41, 5.74) is 14.7. The summed E-state index contributed by atoms with van der Waals surface area (Å²) in [5.74, 6) is 0. The Kier molecular flexibility index (Phi) is 6.15. The van der Waals surface area contributed by atoms with Crippen molar-refractivity contribution in [3.63, 3.8) is 0 Å². The number of nitrogens with zero attached hydrogens (tertiary/aromatic N) is 2. The molecule has 0 aliphatic heterocycles. The van der Waals surface area contributed by atoms with Crippen molar-refractivity contribution in [2.75, 3.05) is 17.2 Å². The minimum atomic E-state index is 0.716. The quantitative estimate of drug-likeness (QED) is 0.197. The number of benzene rings is 5. The van der Waals surface area contributed by atoms with Gasteiger partial charge in [0.2, 0.25) is 0 Å². The van der Waals surface area contributed by atoms with Crippen LogP contribution in [0.2, 0.25) is 0 Å². The van der Waals surface area contributed by atoms with Crippen molar-refractivity contribution in [1.82, 2.24) is 0 Å². The molecule has 3 heteroatoms. The Morgan fingerprint density at radius 2 is 1.63 bits per heavy atom. The fourth-order valence-electron chi connectivity index (χ4n) is 5.61. The molecule has 0 heterocycles. The third-order valence-electron chi connectivity index (χ3n) is 7.53. The lowest BCUT2D eigenvalue weighted by atomic mass is 9.87. The number of hydrogen-bond acceptors (Lipinski definition) is 3. The third-order valence-corrected chi connectivity index (χ3v) is 7.53. The summed E-state index contributed by atoms with van der Waals surface area (Å²) in [7, 11) is 0. The summed E-state index contributed by atoms with van der Waals surface area (Å²) >= 11 is 0. The van der Waals surface area contributed by atoms with Crippen LogP contribution in [0.3, 0.4) is 0 Å². The number of anilines is 3. The topological polar surface area (TPSA) is 53.0 Å². The molecular weight excluding hydrogens is 462 g/mol. The standard InChI is InChI=1S/C35H29N3/c1-2-38(34-13-7-9-26-8-3-4-10-28(26)34)27-19-16-24(17-20-27)14-15-25-18-21-31-32(22-25)33(23-36)29-11-5-6-12-30(29)35(31)37/h3-5,7-11,13-22H,2,6,12,37H2,1H3. The molecule has 1 aliphatic carbocycles. The number of nitriles is 1. The van der Waals surface area contributed by atoms with Crippen LogP contribution in [0.4, 0.5) is 17.1 Å². The molecule has 3 nitrogen and oxygen atoms in total. The van der Waals surface area contributed by atoms with Gasteiger partial charge in [0, 0.05) is 39.8 Å². The first-order valence-electron chi connectivity index (χ1n) is 13.2. The van der Waals surface area contributed by atoms with Crippen molar-refractivity contribution < 1.29 is 0 Å². The van der Waals surface area contributed by atoms with Gasteiger partial charge in [0.05, 0.1) is 5.56 Å². The van der Waals surface area contributed by atoms with Crippen molar-refractivity contribution in [3.8, 4) is 6.07 Å². The van der Waals surface area contributed by atoms with E-state index in [0.717, 1.165) is 58.1 Å². The molecule has 1 aliphatic rings. The number of fused-ring (bicyclic) bond motifs is 3. The summed E-state index contributed by atoms with van der Waals surface area (Å²) in [5, 5.41) is 14.3. The molecule has 6 rings (SSSR count). The maximum Gasteiger partial charge on any atom is 0.100 e. The first kappa shape index (κ1) is 23.6. The van der Waals surface area contributed by atoms with E-state index in [1.165, 1.54) is 22.1 Å². The van der Waals surface area contributed by atoms with Crippen LogP contribution in [-0.2, 0) is 6.42 Å². The van der Waals surface area contributed by atoms with E-state index in [9.17, 15) is 5.26 Å². The van der Waals surface area contributed by atoms with Gasteiger partial charge in [0.25, 0.3) is 0 Å². The van der Waals surface area contributed by atoms with E-state index < -0.39 is 0 Å². The van der Waals surface area contributed by atoms with Crippen LogP contribution in [-0.4, -0.2) is 6.54 Å². The summed E-state index contributed by atoms with van der Waals surface area (Å²) in [6.07, 6.45) is 10.2. The van der Waals surface area contributed by atoms with Crippen molar-refractivity contribution >= 4 is 56.8 Å². The molecule has 0 amide bonds. The second-order valence-electron chi connectivity index (χ2n) is 9.71. The Balaban J connectivity index is 1.30. The maximum absolute atomic E-state index is 9.97. The molecule has 0 bridgehead atoms. The van der Waals surface area contributed by atoms with Gasteiger partial charge in [-0.2, -0.15) is 5.26 Å². The van der Waals surface area contributed by atoms with E-state index in [1.54, 1.807) is 0 Å². The molecular formula is C35H29N3. The van der Waals surface area contributed by atoms with E-state index in [0.29, 0.717) is 5.56 Å². The Morgan fingerprint density at radius 1 is 0.868 bits per heavy atom. The summed E-state index contributed by atoms with van der Waals surface area (Å²) < 4.78 is 0. The molecule has 0 saturated heterocycles. The lowest BCUT2D eigenvalue weighted by molar-refractivity contribution is 0.990. The summed E-state index contributed by atoms with van der Waals surface area (Å²) in [4.78, 5) is 2.35. The second kappa shape index (κ2) is 9.92. The van der Waals surface area contributed by atoms with E-state index >= 15 is 0 Å². The fraction of sp³-hybridized carbons (Fsp3) is 0.114. The van der Waals surface area contributed by atoms with Crippen molar-refractivity contribution in [2.24, 2.45) is 0 Å². The van der Waals surface area contributed by atoms with Crippen molar-refractivity contribution in [2.45, 2.75) is 19.8 Å². The van der Waals surface area contributed by atoms with E-state index in [-0.39, 0.29) is 0 Å². The predicted molar refractivity (Wildman–Crippen MR) is 162 cm³/mol. The summed E-state index contributed by atoms with van der Waals surface area (Å²) in [6, 6.07) is 32.3. The lowest BCUT2D eigenvalue weighted by Crippen LogP contribution is -2.16. The Hall–Kier alpha value is -4.81. The number of hydrogen-bond donors (Lipinski definition) is 1. The van der Waals surface area contributed by atoms with Crippen molar-refractivity contribution in [3.05, 3.63) is 119 Å². The van der Waals surface area contributed by atoms with Crippen LogP contribution in [0.15, 0.2) is 91.0 Å². The van der Waals surface area contributed by atoms with Crippen LogP contribution >= 0.6 is 0 Å². The summed E-state index contributed by atoms with van der Waals surface area (Å²) in [6.45, 7) is 3.06. The number of rotatable bonds is 5. The second-order valence-corrected chi connectivity index (χ2v) is 9.71. The van der Waals surface area contributed by atoms with Gasteiger partial charge in [-0.05, 0) is 71.7 Å². The average Bonchev–Trinajstić information content (AvgIpc) is 2.97. The van der Waals surface area contributed by atoms with Crippen molar-refractivity contribution in [1.29, 1.82) is 5.26 Å². The molecule has 184 valence electrons. The highest BCUT2D eigenvalue weighted by atomic mass is 15.1. The van der Waals surface area contributed by atoms with Crippen LogP contribution in [0.5, 0.6) is 0 Å². The number of nitrogens with two attached hydrogens (primary N) is 1. The van der Waals surface area contributed by atoms with E-state index in [2.05, 4.69) is 127 Å². The monoisotopic (exact) mass is 491 g/mol. The first-order valence-corrected chi connectivity index (χ1v) is 13.2. The fourth-order valence-corrected chi connectivity index (χ4v) is 5.61. The van der Waals surface area contributed by atoms with Gasteiger partial charge >= 0.3 is 0 Å². The zero-order chi connectivity index (χ0) is 26.1. The highest BCUT2D eigenvalue weighted by molar-refractivity contribution is 6.03. The largest absolute Gasteiger partial charge is 0.398 e. The minimum absolute atomic E-state index is 0.716. The van der Waals surface area contributed by atoms with Crippen LogP contribution < -0.4 is 10.6 Å². The Morgan fingerprint density at radius 3 is 2.45 bits per heavy atom. The normalized spacial score (nSPS) is 12.6. The Labute approximate surface area is 223 Å². The van der Waals surface area contributed by atoms with Crippen LogP contribution in [0.25, 0.3) is 39.8 Å².